The molecule has 0 saturated carbocycles. The van der Waals surface area contributed by atoms with E-state index in [0.29, 0.717) is 12.5 Å². The Kier molecular flexibility index (Phi) is 6.56. The monoisotopic (exact) mass is 184 g/mol. The minimum atomic E-state index is 0.0150. The van der Waals surface area contributed by atoms with Gasteiger partial charge in [0.25, 0.3) is 0 Å². The molecule has 0 saturated heterocycles. The quantitative estimate of drug-likeness (QED) is 0.651. The molecule has 3 heteroatoms. The van der Waals surface area contributed by atoms with E-state index in [1.54, 1.807) is 0 Å². The third-order valence-electron chi connectivity index (χ3n) is 1.91. The second-order valence-electron chi connectivity index (χ2n) is 3.95. The van der Waals surface area contributed by atoms with Gasteiger partial charge in [-0.1, -0.05) is 13.8 Å². The highest BCUT2D eigenvalue weighted by Crippen LogP contribution is 2.04. The maximum Gasteiger partial charge on any atom is 0.0666 e. The summed E-state index contributed by atoms with van der Waals surface area (Å²) >= 11 is 0. The molecule has 0 radical (unpaired) electrons. The fraction of sp³-hybridized carbons (Fsp3) is 0.900. The Hall–Kier alpha value is -0.590. The third kappa shape index (κ3) is 6.56. The number of nitrogens with zero attached hydrogens (tertiary/aromatic N) is 1. The van der Waals surface area contributed by atoms with Crippen LogP contribution in [0, 0.1) is 23.2 Å². The van der Waals surface area contributed by atoms with Crippen LogP contribution in [0.1, 0.15) is 27.2 Å². The normalized spacial score (nSPS) is 15.4. The topological polar surface area (TPSA) is 56.0 Å². The van der Waals surface area contributed by atoms with Crippen molar-refractivity contribution >= 4 is 0 Å². The number of rotatable bonds is 6. The van der Waals surface area contributed by atoms with Gasteiger partial charge >= 0.3 is 0 Å². The predicted octanol–water partition coefficient (Wildman–Crippen LogP) is 1.14. The second kappa shape index (κ2) is 6.88. The van der Waals surface area contributed by atoms with Crippen molar-refractivity contribution in [1.29, 1.82) is 5.26 Å². The van der Waals surface area contributed by atoms with Crippen LogP contribution in [0.3, 0.4) is 0 Å². The Morgan fingerprint density at radius 3 is 2.38 bits per heavy atom. The lowest BCUT2D eigenvalue weighted by Crippen LogP contribution is -2.36. The lowest BCUT2D eigenvalue weighted by atomic mass is 10.0. The van der Waals surface area contributed by atoms with Crippen LogP contribution in [0.25, 0.3) is 0 Å². The molecule has 3 nitrogen and oxygen atoms in total. The van der Waals surface area contributed by atoms with Gasteiger partial charge in [0.05, 0.1) is 18.6 Å². The summed E-state index contributed by atoms with van der Waals surface area (Å²) in [5, 5.41) is 20.7. The standard InChI is InChI=1S/C10H20N2O/c1-8(2)4-10(7-13)12-6-9(3)5-11/h8-10,12-13H,4,6-7H2,1-3H3. The third-order valence-corrected chi connectivity index (χ3v) is 1.91. The predicted molar refractivity (Wildman–Crippen MR) is 53.1 cm³/mol. The average molecular weight is 184 g/mol. The Balaban J connectivity index is 3.66. The molecule has 2 atom stereocenters. The Bertz CT molecular complexity index is 163. The molecule has 0 aromatic rings. The van der Waals surface area contributed by atoms with Crippen molar-refractivity contribution < 1.29 is 5.11 Å². The van der Waals surface area contributed by atoms with Gasteiger partial charge in [0.15, 0.2) is 0 Å². The summed E-state index contributed by atoms with van der Waals surface area (Å²) in [5.41, 5.74) is 0. The van der Waals surface area contributed by atoms with Crippen molar-refractivity contribution in [2.75, 3.05) is 13.2 Å². The highest BCUT2D eigenvalue weighted by atomic mass is 16.3. The zero-order valence-corrected chi connectivity index (χ0v) is 8.75. The van der Waals surface area contributed by atoms with Gasteiger partial charge in [-0.25, -0.2) is 0 Å². The van der Waals surface area contributed by atoms with Gasteiger partial charge in [-0.15, -0.1) is 0 Å². The van der Waals surface area contributed by atoms with Gasteiger partial charge < -0.3 is 10.4 Å². The molecule has 0 amide bonds. The minimum Gasteiger partial charge on any atom is -0.395 e. The van der Waals surface area contributed by atoms with Gasteiger partial charge in [0.1, 0.15) is 0 Å². The van der Waals surface area contributed by atoms with E-state index >= 15 is 0 Å². The van der Waals surface area contributed by atoms with Crippen LogP contribution >= 0.6 is 0 Å². The largest absolute Gasteiger partial charge is 0.395 e. The van der Waals surface area contributed by atoms with E-state index in [9.17, 15) is 0 Å². The molecule has 13 heavy (non-hydrogen) atoms. The molecule has 0 heterocycles. The maximum absolute atomic E-state index is 9.02. The summed E-state index contributed by atoms with van der Waals surface area (Å²) in [6.45, 7) is 6.93. The van der Waals surface area contributed by atoms with Crippen LogP contribution < -0.4 is 5.32 Å². The molecule has 0 fully saturated rings. The molecular formula is C10H20N2O. The van der Waals surface area contributed by atoms with Gasteiger partial charge in [-0.05, 0) is 19.3 Å². The number of nitriles is 1. The van der Waals surface area contributed by atoms with E-state index in [0.717, 1.165) is 6.42 Å². The number of hydrogen-bond acceptors (Lipinski definition) is 3. The van der Waals surface area contributed by atoms with Crippen molar-refractivity contribution in [3.63, 3.8) is 0 Å². The molecule has 2 unspecified atom stereocenters. The lowest BCUT2D eigenvalue weighted by Gasteiger charge is -2.18. The number of aliphatic hydroxyl groups is 1. The molecule has 0 aliphatic heterocycles. The summed E-state index contributed by atoms with van der Waals surface area (Å²) in [4.78, 5) is 0. The molecule has 0 aliphatic rings. The first-order chi connectivity index (χ1) is 6.10. The van der Waals surface area contributed by atoms with Crippen LogP contribution in [0.2, 0.25) is 0 Å². The van der Waals surface area contributed by atoms with Crippen LogP contribution in [-0.2, 0) is 0 Å². The first-order valence-corrected chi connectivity index (χ1v) is 4.84. The number of nitrogens with one attached hydrogen (secondary N) is 1. The fourth-order valence-electron chi connectivity index (χ4n) is 1.18. The zero-order chi connectivity index (χ0) is 10.3. The van der Waals surface area contributed by atoms with Crippen molar-refractivity contribution in [1.82, 2.24) is 5.32 Å². The molecule has 0 spiro atoms. The van der Waals surface area contributed by atoms with E-state index < -0.39 is 0 Å². The van der Waals surface area contributed by atoms with Crippen LogP contribution in [0.5, 0.6) is 0 Å². The van der Waals surface area contributed by atoms with E-state index in [2.05, 4.69) is 25.2 Å². The average Bonchev–Trinajstić information content (AvgIpc) is 2.10. The van der Waals surface area contributed by atoms with Gasteiger partial charge in [0.2, 0.25) is 0 Å². The van der Waals surface area contributed by atoms with Gasteiger partial charge in [0, 0.05) is 12.6 Å². The molecule has 0 aromatic carbocycles. The smallest absolute Gasteiger partial charge is 0.0666 e. The molecular weight excluding hydrogens is 164 g/mol. The van der Waals surface area contributed by atoms with Crippen molar-refractivity contribution in [2.24, 2.45) is 11.8 Å². The van der Waals surface area contributed by atoms with Crippen molar-refractivity contribution in [3.05, 3.63) is 0 Å². The van der Waals surface area contributed by atoms with Crippen LogP contribution in [0.15, 0.2) is 0 Å². The highest BCUT2D eigenvalue weighted by Gasteiger charge is 2.10. The highest BCUT2D eigenvalue weighted by molar-refractivity contribution is 4.81. The molecule has 76 valence electrons. The molecule has 2 N–H and O–H groups in total. The zero-order valence-electron chi connectivity index (χ0n) is 8.75. The molecule has 0 rings (SSSR count). The number of hydrogen-bond donors (Lipinski definition) is 2. The summed E-state index contributed by atoms with van der Waals surface area (Å²) < 4.78 is 0. The Labute approximate surface area is 80.8 Å². The van der Waals surface area contributed by atoms with Crippen molar-refractivity contribution in [3.8, 4) is 6.07 Å². The first kappa shape index (κ1) is 12.4. The fourth-order valence-corrected chi connectivity index (χ4v) is 1.18. The Morgan fingerprint density at radius 1 is 1.38 bits per heavy atom. The van der Waals surface area contributed by atoms with E-state index in [4.69, 9.17) is 10.4 Å². The van der Waals surface area contributed by atoms with Crippen molar-refractivity contribution in [2.45, 2.75) is 33.2 Å². The summed E-state index contributed by atoms with van der Waals surface area (Å²) in [6.07, 6.45) is 0.953. The number of aliphatic hydroxyl groups excluding tert-OH is 1. The summed E-state index contributed by atoms with van der Waals surface area (Å²) in [6, 6.07) is 2.29. The van der Waals surface area contributed by atoms with Gasteiger partial charge in [-0.3, -0.25) is 0 Å². The Morgan fingerprint density at radius 2 is 2.00 bits per heavy atom. The van der Waals surface area contributed by atoms with Crippen LogP contribution in [0.4, 0.5) is 0 Å². The first-order valence-electron chi connectivity index (χ1n) is 4.84. The summed E-state index contributed by atoms with van der Waals surface area (Å²) in [7, 11) is 0. The SMILES string of the molecule is CC(C)CC(CO)NCC(C)C#N. The lowest BCUT2D eigenvalue weighted by molar-refractivity contribution is 0.222. The van der Waals surface area contributed by atoms with E-state index in [1.807, 2.05) is 6.92 Å². The van der Waals surface area contributed by atoms with E-state index in [-0.39, 0.29) is 18.6 Å². The molecule has 0 bridgehead atoms. The minimum absolute atomic E-state index is 0.0150. The molecule has 0 aromatic heterocycles. The maximum atomic E-state index is 9.02. The van der Waals surface area contributed by atoms with Gasteiger partial charge in [-0.2, -0.15) is 5.26 Å². The van der Waals surface area contributed by atoms with E-state index in [1.165, 1.54) is 0 Å². The molecule has 0 aliphatic carbocycles. The second-order valence-corrected chi connectivity index (χ2v) is 3.95. The van der Waals surface area contributed by atoms with Crippen LogP contribution in [-0.4, -0.2) is 24.3 Å². The summed E-state index contributed by atoms with van der Waals surface area (Å²) in [5.74, 6) is 0.586.